The van der Waals surface area contributed by atoms with Crippen LogP contribution >= 0.6 is 22.6 Å². The minimum atomic E-state index is -2.18. The van der Waals surface area contributed by atoms with Crippen LogP contribution in [-0.2, 0) is 4.79 Å². The van der Waals surface area contributed by atoms with E-state index >= 15 is 0 Å². The first-order chi connectivity index (χ1) is 6.44. The Hall–Kier alpha value is -1.00. The number of halogens is 1. The van der Waals surface area contributed by atoms with Gasteiger partial charge in [0.2, 0.25) is 5.91 Å². The van der Waals surface area contributed by atoms with E-state index in [0.29, 0.717) is 0 Å². The van der Waals surface area contributed by atoms with E-state index in [1.54, 1.807) is 22.6 Å². The summed E-state index contributed by atoms with van der Waals surface area (Å²) < 4.78 is 0.170. The summed E-state index contributed by atoms with van der Waals surface area (Å²) in [6.45, 7) is -0.871. The van der Waals surface area contributed by atoms with Gasteiger partial charge in [0, 0.05) is 0 Å². The third kappa shape index (κ3) is 1.51. The fourth-order valence-electron chi connectivity index (χ4n) is 1.12. The molecule has 0 aromatic rings. The van der Waals surface area contributed by atoms with Crippen LogP contribution in [0.5, 0.6) is 0 Å². The van der Waals surface area contributed by atoms with Crippen LogP contribution in [0, 0.1) is 20.2 Å². The SMILES string of the molecule is O=C(CI)N1CC([N+](=O)[O-])([N+](=O)[O-])C1. The summed E-state index contributed by atoms with van der Waals surface area (Å²) in [5.41, 5.74) is -2.18. The van der Waals surface area contributed by atoms with Gasteiger partial charge in [0.15, 0.2) is 13.1 Å². The molecule has 78 valence electrons. The minimum Gasteiger partial charge on any atom is -0.313 e. The van der Waals surface area contributed by atoms with Gasteiger partial charge in [-0.15, -0.1) is 0 Å². The lowest BCUT2D eigenvalue weighted by atomic mass is 10.0. The number of amides is 1. The van der Waals surface area contributed by atoms with Crippen molar-refractivity contribution in [1.82, 2.24) is 4.90 Å². The molecule has 14 heavy (non-hydrogen) atoms. The second-order valence-corrected chi connectivity index (χ2v) is 3.64. The van der Waals surface area contributed by atoms with Gasteiger partial charge in [0.1, 0.15) is 9.85 Å². The molecule has 0 atom stereocenters. The Morgan fingerprint density at radius 2 is 1.79 bits per heavy atom. The van der Waals surface area contributed by atoms with E-state index in [9.17, 15) is 25.0 Å². The summed E-state index contributed by atoms with van der Waals surface area (Å²) in [5, 5.41) is 20.9. The molecule has 1 heterocycles. The molecular formula is C5H6IN3O5. The van der Waals surface area contributed by atoms with E-state index in [1.807, 2.05) is 0 Å². The van der Waals surface area contributed by atoms with Gasteiger partial charge >= 0.3 is 5.66 Å². The normalized spacial score (nSPS) is 18.5. The molecule has 1 fully saturated rings. The number of carbonyl (C=O) groups excluding carboxylic acids is 1. The van der Waals surface area contributed by atoms with Crippen molar-refractivity contribution in [3.8, 4) is 0 Å². The molecular weight excluding hydrogens is 309 g/mol. The van der Waals surface area contributed by atoms with Crippen molar-refractivity contribution in [2.24, 2.45) is 0 Å². The predicted octanol–water partition coefficient (Wildman–Crippen LogP) is -0.487. The van der Waals surface area contributed by atoms with Crippen molar-refractivity contribution in [3.63, 3.8) is 0 Å². The van der Waals surface area contributed by atoms with Gasteiger partial charge in [-0.1, -0.05) is 22.6 Å². The Balaban J connectivity index is 2.70. The largest absolute Gasteiger partial charge is 0.492 e. The number of hydrogen-bond acceptors (Lipinski definition) is 5. The van der Waals surface area contributed by atoms with Crippen LogP contribution in [0.15, 0.2) is 0 Å². The fraction of sp³-hybridized carbons (Fsp3) is 0.800. The number of rotatable bonds is 3. The minimum absolute atomic E-state index is 0.170. The van der Waals surface area contributed by atoms with E-state index in [4.69, 9.17) is 0 Å². The fourth-order valence-corrected chi connectivity index (χ4v) is 1.61. The van der Waals surface area contributed by atoms with Gasteiger partial charge in [0.05, 0.1) is 4.43 Å². The van der Waals surface area contributed by atoms with E-state index < -0.39 is 28.6 Å². The van der Waals surface area contributed by atoms with Crippen LogP contribution in [0.4, 0.5) is 0 Å². The molecule has 1 aliphatic heterocycles. The highest BCUT2D eigenvalue weighted by molar-refractivity contribution is 14.1. The van der Waals surface area contributed by atoms with Crippen molar-refractivity contribution in [2.75, 3.05) is 17.5 Å². The average Bonchev–Trinajstić information content (AvgIpc) is 2.00. The zero-order valence-electron chi connectivity index (χ0n) is 6.88. The molecule has 0 aromatic carbocycles. The van der Waals surface area contributed by atoms with Crippen molar-refractivity contribution in [1.29, 1.82) is 0 Å². The average molecular weight is 315 g/mol. The quantitative estimate of drug-likeness (QED) is 0.230. The summed E-state index contributed by atoms with van der Waals surface area (Å²) in [6.07, 6.45) is 0. The Bertz CT molecular complexity index is 284. The lowest BCUT2D eigenvalue weighted by molar-refractivity contribution is -0.809. The third-order valence-electron chi connectivity index (χ3n) is 2.03. The molecule has 1 saturated heterocycles. The van der Waals surface area contributed by atoms with Crippen LogP contribution in [-0.4, -0.2) is 43.8 Å². The highest BCUT2D eigenvalue weighted by atomic mass is 127. The number of carbonyl (C=O) groups is 1. The van der Waals surface area contributed by atoms with Gasteiger partial charge in [0.25, 0.3) is 0 Å². The maximum Gasteiger partial charge on any atom is 0.492 e. The van der Waals surface area contributed by atoms with Crippen LogP contribution in [0.3, 0.4) is 0 Å². The maximum absolute atomic E-state index is 11.0. The van der Waals surface area contributed by atoms with E-state index in [-0.39, 0.29) is 10.3 Å². The zero-order chi connectivity index (χ0) is 10.9. The topological polar surface area (TPSA) is 107 Å². The molecule has 1 amide bonds. The van der Waals surface area contributed by atoms with Gasteiger partial charge < -0.3 is 4.90 Å². The smallest absolute Gasteiger partial charge is 0.313 e. The van der Waals surface area contributed by atoms with Gasteiger partial charge in [-0.25, -0.2) is 0 Å². The molecule has 0 aliphatic carbocycles. The lowest BCUT2D eigenvalue weighted by Crippen LogP contribution is -2.71. The Kier molecular flexibility index (Phi) is 2.87. The van der Waals surface area contributed by atoms with E-state index in [2.05, 4.69) is 0 Å². The van der Waals surface area contributed by atoms with Crippen LogP contribution in [0.1, 0.15) is 0 Å². The summed E-state index contributed by atoms with van der Waals surface area (Å²) in [6, 6.07) is 0. The van der Waals surface area contributed by atoms with E-state index in [0.717, 1.165) is 4.90 Å². The molecule has 0 spiro atoms. The Labute approximate surface area is 91.7 Å². The van der Waals surface area contributed by atoms with Crippen LogP contribution < -0.4 is 0 Å². The molecule has 0 N–H and O–H groups in total. The summed E-state index contributed by atoms with van der Waals surface area (Å²) in [4.78, 5) is 31.1. The molecule has 0 radical (unpaired) electrons. The molecule has 1 rings (SSSR count). The Morgan fingerprint density at radius 3 is 2.07 bits per heavy atom. The highest BCUT2D eigenvalue weighted by Crippen LogP contribution is 2.25. The first-order valence-electron chi connectivity index (χ1n) is 3.57. The van der Waals surface area contributed by atoms with Crippen molar-refractivity contribution in [2.45, 2.75) is 5.66 Å². The number of likely N-dealkylation sites (tertiary alicyclic amines) is 1. The standard InChI is InChI=1S/C5H6IN3O5/c6-1-4(10)7-2-5(3-7,8(11)12)9(13)14/h1-3H2. The van der Waals surface area contributed by atoms with Gasteiger partial charge in [-0.3, -0.25) is 25.0 Å². The molecule has 0 aromatic heterocycles. The maximum atomic E-state index is 11.0. The monoisotopic (exact) mass is 315 g/mol. The number of alkyl halides is 1. The first-order valence-corrected chi connectivity index (χ1v) is 5.09. The highest BCUT2D eigenvalue weighted by Gasteiger charge is 2.67. The van der Waals surface area contributed by atoms with Gasteiger partial charge in [-0.05, 0) is 0 Å². The van der Waals surface area contributed by atoms with Crippen LogP contribution in [0.2, 0.25) is 0 Å². The molecule has 0 unspecified atom stereocenters. The summed E-state index contributed by atoms with van der Waals surface area (Å²) >= 11 is 1.80. The number of nitrogens with zero attached hydrogens (tertiary/aromatic N) is 3. The zero-order valence-corrected chi connectivity index (χ0v) is 9.04. The second-order valence-electron chi connectivity index (χ2n) is 2.88. The van der Waals surface area contributed by atoms with Gasteiger partial charge in [-0.2, -0.15) is 0 Å². The summed E-state index contributed by atoms with van der Waals surface area (Å²) in [5.74, 6) is -0.315. The summed E-state index contributed by atoms with van der Waals surface area (Å²) in [7, 11) is 0. The molecule has 1 aliphatic rings. The van der Waals surface area contributed by atoms with Crippen molar-refractivity contribution in [3.05, 3.63) is 20.2 Å². The first kappa shape index (κ1) is 11.1. The molecule has 9 heteroatoms. The second kappa shape index (κ2) is 3.63. The molecule has 8 nitrogen and oxygen atoms in total. The Morgan fingerprint density at radius 1 is 1.36 bits per heavy atom. The lowest BCUT2D eigenvalue weighted by Gasteiger charge is -2.35. The number of hydrogen-bond donors (Lipinski definition) is 0. The third-order valence-corrected chi connectivity index (χ3v) is 2.69. The molecule has 0 bridgehead atoms. The van der Waals surface area contributed by atoms with Crippen LogP contribution in [0.25, 0.3) is 0 Å². The van der Waals surface area contributed by atoms with E-state index in [1.165, 1.54) is 0 Å². The van der Waals surface area contributed by atoms with Crippen molar-refractivity contribution < 1.29 is 14.6 Å². The number of nitro groups is 2. The molecule has 0 saturated carbocycles. The predicted molar refractivity (Wildman–Crippen MR) is 52.2 cm³/mol. The van der Waals surface area contributed by atoms with Crippen molar-refractivity contribution >= 4 is 28.5 Å².